The van der Waals surface area contributed by atoms with Crippen LogP contribution in [0.2, 0.25) is 0 Å². The third-order valence-corrected chi connectivity index (χ3v) is 5.43. The molecule has 0 spiro atoms. The van der Waals surface area contributed by atoms with E-state index in [-0.39, 0.29) is 16.2 Å². The van der Waals surface area contributed by atoms with Crippen molar-refractivity contribution in [3.8, 4) is 0 Å². The number of sulfonamides is 1. The number of rotatable bonds is 7. The molecule has 0 bridgehead atoms. The fraction of sp³-hybridized carbons (Fsp3) is 0.588. The van der Waals surface area contributed by atoms with E-state index in [0.29, 0.717) is 19.5 Å². The van der Waals surface area contributed by atoms with Gasteiger partial charge in [-0.2, -0.15) is 0 Å². The molecule has 1 N–H and O–H groups in total. The first-order valence-electron chi connectivity index (χ1n) is 8.16. The molecule has 0 aromatic heterocycles. The zero-order valence-electron chi connectivity index (χ0n) is 14.9. The van der Waals surface area contributed by atoms with Gasteiger partial charge in [-0.25, -0.2) is 13.1 Å². The standard InChI is InChI=1S/C17H27N3O3S/c1-17(2,13-19(3)4)12-18-24(22,23)15-9-7-14(8-10-15)20-11-5-6-16(20)21/h7-10,18H,5-6,11-13H2,1-4H3. The molecule has 1 heterocycles. The van der Waals surface area contributed by atoms with Gasteiger partial charge in [-0.1, -0.05) is 13.8 Å². The fourth-order valence-corrected chi connectivity index (χ4v) is 4.25. The van der Waals surface area contributed by atoms with E-state index in [2.05, 4.69) is 4.72 Å². The lowest BCUT2D eigenvalue weighted by atomic mass is 9.93. The van der Waals surface area contributed by atoms with Crippen LogP contribution in [0, 0.1) is 5.41 Å². The van der Waals surface area contributed by atoms with Crippen LogP contribution in [-0.4, -0.2) is 53.0 Å². The van der Waals surface area contributed by atoms with Crippen LogP contribution in [0.3, 0.4) is 0 Å². The molecule has 134 valence electrons. The van der Waals surface area contributed by atoms with Gasteiger partial charge in [0.15, 0.2) is 0 Å². The Labute approximate surface area is 144 Å². The summed E-state index contributed by atoms with van der Waals surface area (Å²) < 4.78 is 27.6. The van der Waals surface area contributed by atoms with Crippen molar-refractivity contribution in [2.24, 2.45) is 5.41 Å². The molecule has 1 aromatic carbocycles. The molecular formula is C17H27N3O3S. The van der Waals surface area contributed by atoms with Crippen molar-refractivity contribution < 1.29 is 13.2 Å². The lowest BCUT2D eigenvalue weighted by molar-refractivity contribution is -0.117. The van der Waals surface area contributed by atoms with E-state index in [1.165, 1.54) is 0 Å². The van der Waals surface area contributed by atoms with Gasteiger partial charge in [0.25, 0.3) is 0 Å². The summed E-state index contributed by atoms with van der Waals surface area (Å²) in [5.41, 5.74) is 0.586. The SMILES string of the molecule is CN(C)CC(C)(C)CNS(=O)(=O)c1ccc(N2CCCC2=O)cc1. The third kappa shape index (κ3) is 4.78. The highest BCUT2D eigenvalue weighted by Gasteiger charge is 2.24. The Morgan fingerprint density at radius 2 is 1.83 bits per heavy atom. The van der Waals surface area contributed by atoms with E-state index in [9.17, 15) is 13.2 Å². The molecule has 0 saturated carbocycles. The van der Waals surface area contributed by atoms with Crippen LogP contribution < -0.4 is 9.62 Å². The fourth-order valence-electron chi connectivity index (χ4n) is 3.01. The van der Waals surface area contributed by atoms with Crippen molar-refractivity contribution in [1.82, 2.24) is 9.62 Å². The number of carbonyl (C=O) groups is 1. The number of nitrogens with one attached hydrogen (secondary N) is 1. The molecule has 1 aliphatic heterocycles. The molecule has 7 heteroatoms. The van der Waals surface area contributed by atoms with Crippen LogP contribution in [0.4, 0.5) is 5.69 Å². The minimum absolute atomic E-state index is 0.0918. The molecule has 1 saturated heterocycles. The van der Waals surface area contributed by atoms with Crippen LogP contribution in [-0.2, 0) is 14.8 Å². The molecule has 0 unspecified atom stereocenters. The Kier molecular flexibility index (Phi) is 5.67. The van der Waals surface area contributed by atoms with Crippen LogP contribution in [0.1, 0.15) is 26.7 Å². The average Bonchev–Trinajstić information content (AvgIpc) is 2.91. The number of anilines is 1. The van der Waals surface area contributed by atoms with Gasteiger partial charge >= 0.3 is 0 Å². The highest BCUT2D eigenvalue weighted by Crippen LogP contribution is 2.23. The minimum atomic E-state index is -3.56. The van der Waals surface area contributed by atoms with Gasteiger partial charge in [0, 0.05) is 31.7 Å². The summed E-state index contributed by atoms with van der Waals surface area (Å²) in [5.74, 6) is 0.0918. The van der Waals surface area contributed by atoms with Crippen LogP contribution in [0.15, 0.2) is 29.2 Å². The topological polar surface area (TPSA) is 69.7 Å². The predicted octanol–water partition coefficient (Wildman–Crippen LogP) is 1.68. The Morgan fingerprint density at radius 3 is 2.33 bits per heavy atom. The van der Waals surface area contributed by atoms with Gasteiger partial charge < -0.3 is 9.80 Å². The number of hydrogen-bond donors (Lipinski definition) is 1. The zero-order valence-corrected chi connectivity index (χ0v) is 15.7. The van der Waals surface area contributed by atoms with Gasteiger partial charge in [-0.15, -0.1) is 0 Å². The van der Waals surface area contributed by atoms with E-state index in [4.69, 9.17) is 0 Å². The van der Waals surface area contributed by atoms with Crippen LogP contribution in [0.25, 0.3) is 0 Å². The molecule has 24 heavy (non-hydrogen) atoms. The summed E-state index contributed by atoms with van der Waals surface area (Å²) in [6.45, 7) is 5.89. The number of hydrogen-bond acceptors (Lipinski definition) is 4. The first-order chi connectivity index (χ1) is 11.1. The molecule has 0 radical (unpaired) electrons. The second kappa shape index (κ2) is 7.21. The quantitative estimate of drug-likeness (QED) is 0.810. The molecule has 1 amide bonds. The summed E-state index contributed by atoms with van der Waals surface area (Å²) >= 11 is 0. The van der Waals surface area contributed by atoms with Crippen molar-refractivity contribution in [1.29, 1.82) is 0 Å². The molecule has 6 nitrogen and oxygen atoms in total. The van der Waals surface area contributed by atoms with Gasteiger partial charge in [0.1, 0.15) is 0 Å². The second-order valence-corrected chi connectivity index (χ2v) is 9.14. The number of carbonyl (C=O) groups excluding carboxylic acids is 1. The Hall–Kier alpha value is -1.44. The summed E-state index contributed by atoms with van der Waals surface area (Å²) in [7, 11) is 0.379. The second-order valence-electron chi connectivity index (χ2n) is 7.37. The normalized spacial score (nSPS) is 16.2. The van der Waals surface area contributed by atoms with Crippen LogP contribution >= 0.6 is 0 Å². The largest absolute Gasteiger partial charge is 0.312 e. The monoisotopic (exact) mass is 353 g/mol. The van der Waals surface area contributed by atoms with E-state index in [0.717, 1.165) is 18.7 Å². The van der Waals surface area contributed by atoms with Crippen molar-refractivity contribution in [2.45, 2.75) is 31.6 Å². The summed E-state index contributed by atoms with van der Waals surface area (Å²) in [5, 5.41) is 0. The molecule has 1 aromatic rings. The Morgan fingerprint density at radius 1 is 1.21 bits per heavy atom. The maximum absolute atomic E-state index is 12.5. The molecule has 0 aliphatic carbocycles. The maximum Gasteiger partial charge on any atom is 0.240 e. The van der Waals surface area contributed by atoms with Crippen molar-refractivity contribution in [3.63, 3.8) is 0 Å². The lowest BCUT2D eigenvalue weighted by Gasteiger charge is -2.28. The predicted molar refractivity (Wildman–Crippen MR) is 95.6 cm³/mol. The van der Waals surface area contributed by atoms with Crippen molar-refractivity contribution in [3.05, 3.63) is 24.3 Å². The molecule has 1 aliphatic rings. The van der Waals surface area contributed by atoms with E-state index < -0.39 is 10.0 Å². The summed E-state index contributed by atoms with van der Waals surface area (Å²) in [6, 6.07) is 6.51. The zero-order chi connectivity index (χ0) is 18.0. The third-order valence-electron chi connectivity index (χ3n) is 4.02. The van der Waals surface area contributed by atoms with E-state index in [1.54, 1.807) is 29.2 Å². The number of nitrogens with zero attached hydrogens (tertiary/aromatic N) is 2. The van der Waals surface area contributed by atoms with Gasteiger partial charge in [-0.3, -0.25) is 4.79 Å². The van der Waals surface area contributed by atoms with Crippen LogP contribution in [0.5, 0.6) is 0 Å². The number of benzene rings is 1. The minimum Gasteiger partial charge on any atom is -0.312 e. The van der Waals surface area contributed by atoms with E-state index in [1.807, 2.05) is 32.8 Å². The van der Waals surface area contributed by atoms with Gasteiger partial charge in [0.05, 0.1) is 4.90 Å². The molecule has 1 fully saturated rings. The van der Waals surface area contributed by atoms with E-state index >= 15 is 0 Å². The van der Waals surface area contributed by atoms with Crippen molar-refractivity contribution >= 4 is 21.6 Å². The molecular weight excluding hydrogens is 326 g/mol. The summed E-state index contributed by atoms with van der Waals surface area (Å²) in [4.78, 5) is 15.7. The first-order valence-corrected chi connectivity index (χ1v) is 9.64. The summed E-state index contributed by atoms with van der Waals surface area (Å²) in [6.07, 6.45) is 1.41. The van der Waals surface area contributed by atoms with Gasteiger partial charge in [-0.05, 0) is 50.2 Å². The first kappa shape index (κ1) is 18.9. The maximum atomic E-state index is 12.5. The molecule has 2 rings (SSSR count). The lowest BCUT2D eigenvalue weighted by Crippen LogP contribution is -2.39. The highest BCUT2D eigenvalue weighted by molar-refractivity contribution is 7.89. The highest BCUT2D eigenvalue weighted by atomic mass is 32.2. The Bertz CT molecular complexity index is 682. The average molecular weight is 353 g/mol. The molecule has 0 atom stereocenters. The number of amides is 1. The van der Waals surface area contributed by atoms with Crippen molar-refractivity contribution in [2.75, 3.05) is 38.6 Å². The van der Waals surface area contributed by atoms with Gasteiger partial charge in [0.2, 0.25) is 15.9 Å². The Balaban J connectivity index is 2.05. The smallest absolute Gasteiger partial charge is 0.240 e.